The maximum absolute atomic E-state index is 10.6. The van der Waals surface area contributed by atoms with Crippen LogP contribution in [0.2, 0.25) is 0 Å². The first kappa shape index (κ1) is 15.3. The van der Waals surface area contributed by atoms with Gasteiger partial charge in [0.25, 0.3) is 0 Å². The van der Waals surface area contributed by atoms with Gasteiger partial charge in [-0.2, -0.15) is 5.26 Å². The molecular formula is C19H15NO2. The third-order valence-corrected chi connectivity index (χ3v) is 3.17. The molecule has 0 aliphatic carbocycles. The largest absolute Gasteiger partial charge is 0.478 e. The number of aryl methyl sites for hydroxylation is 1. The van der Waals surface area contributed by atoms with Gasteiger partial charge in [-0.15, -0.1) is 0 Å². The minimum atomic E-state index is -0.995. The van der Waals surface area contributed by atoms with Crippen LogP contribution in [-0.2, 0) is 4.79 Å². The van der Waals surface area contributed by atoms with E-state index in [4.69, 9.17) is 10.4 Å². The zero-order chi connectivity index (χ0) is 15.9. The lowest BCUT2D eigenvalue weighted by atomic mass is 9.95. The summed E-state index contributed by atoms with van der Waals surface area (Å²) in [5.41, 5.74) is 4.43. The topological polar surface area (TPSA) is 61.1 Å². The Morgan fingerprint density at radius 3 is 2.50 bits per heavy atom. The molecule has 0 aliphatic rings. The summed E-state index contributed by atoms with van der Waals surface area (Å²) >= 11 is 0. The van der Waals surface area contributed by atoms with Gasteiger partial charge in [-0.1, -0.05) is 54.1 Å². The number of rotatable bonds is 4. The first-order valence-corrected chi connectivity index (χ1v) is 6.79. The van der Waals surface area contributed by atoms with Crippen molar-refractivity contribution in [1.82, 2.24) is 0 Å². The summed E-state index contributed by atoms with van der Waals surface area (Å²) in [7, 11) is 0. The van der Waals surface area contributed by atoms with Gasteiger partial charge < -0.3 is 5.11 Å². The van der Waals surface area contributed by atoms with Crippen LogP contribution in [0.1, 0.15) is 22.3 Å². The molecule has 0 unspecified atom stereocenters. The molecule has 3 nitrogen and oxygen atoms in total. The molecule has 0 fully saturated rings. The van der Waals surface area contributed by atoms with Gasteiger partial charge in [0, 0.05) is 6.08 Å². The van der Waals surface area contributed by atoms with Crippen LogP contribution in [-0.4, -0.2) is 11.1 Å². The van der Waals surface area contributed by atoms with Crippen molar-refractivity contribution in [3.63, 3.8) is 0 Å². The average Bonchev–Trinajstić information content (AvgIpc) is 2.52. The number of aliphatic carboxylic acids is 1. The normalized spacial score (nSPS) is 11.4. The summed E-state index contributed by atoms with van der Waals surface area (Å²) in [5.74, 6) is -0.995. The highest BCUT2D eigenvalue weighted by Gasteiger charge is 2.05. The molecule has 0 atom stereocenters. The molecule has 0 saturated heterocycles. The van der Waals surface area contributed by atoms with Crippen molar-refractivity contribution in [2.75, 3.05) is 0 Å². The maximum Gasteiger partial charge on any atom is 0.328 e. The van der Waals surface area contributed by atoms with Gasteiger partial charge in [0.2, 0.25) is 0 Å². The zero-order valence-electron chi connectivity index (χ0n) is 12.2. The Kier molecular flexibility index (Phi) is 4.89. The predicted molar refractivity (Wildman–Crippen MR) is 86.2 cm³/mol. The summed E-state index contributed by atoms with van der Waals surface area (Å²) in [6.07, 6.45) is 4.33. The second kappa shape index (κ2) is 7.05. The number of carboxylic acids is 1. The van der Waals surface area contributed by atoms with Crippen molar-refractivity contribution in [3.8, 4) is 6.07 Å². The highest BCUT2D eigenvalue weighted by atomic mass is 16.4. The lowest BCUT2D eigenvalue weighted by molar-refractivity contribution is -0.131. The third kappa shape index (κ3) is 3.94. The molecule has 1 N–H and O–H groups in total. The number of nitrogens with zero attached hydrogens (tertiary/aromatic N) is 1. The fourth-order valence-corrected chi connectivity index (χ4v) is 2.08. The van der Waals surface area contributed by atoms with E-state index in [9.17, 15) is 4.79 Å². The maximum atomic E-state index is 10.6. The Labute approximate surface area is 129 Å². The number of allylic oxidation sites excluding steroid dienone is 2. The van der Waals surface area contributed by atoms with E-state index < -0.39 is 5.97 Å². The molecular weight excluding hydrogens is 274 g/mol. The van der Waals surface area contributed by atoms with Crippen LogP contribution in [0.25, 0.3) is 5.57 Å². The highest BCUT2D eigenvalue weighted by molar-refractivity contribution is 5.84. The molecule has 0 spiro atoms. The zero-order valence-corrected chi connectivity index (χ0v) is 12.2. The molecule has 2 aromatic carbocycles. The van der Waals surface area contributed by atoms with Gasteiger partial charge >= 0.3 is 5.97 Å². The molecule has 0 amide bonds. The van der Waals surface area contributed by atoms with Gasteiger partial charge in [0.15, 0.2) is 0 Å². The number of hydrogen-bond donors (Lipinski definition) is 1. The summed E-state index contributed by atoms with van der Waals surface area (Å²) in [4.78, 5) is 10.6. The monoisotopic (exact) mass is 289 g/mol. The van der Waals surface area contributed by atoms with E-state index in [0.717, 1.165) is 28.3 Å². The Morgan fingerprint density at radius 1 is 1.14 bits per heavy atom. The minimum absolute atomic E-state index is 0.567. The summed E-state index contributed by atoms with van der Waals surface area (Å²) in [6.45, 7) is 2.01. The number of carboxylic acid groups (broad SMARTS) is 1. The van der Waals surface area contributed by atoms with Crippen LogP contribution in [0.4, 0.5) is 0 Å². The molecule has 2 rings (SSSR count). The van der Waals surface area contributed by atoms with Gasteiger partial charge in [-0.05, 0) is 35.8 Å². The molecule has 2 aromatic rings. The van der Waals surface area contributed by atoms with Crippen molar-refractivity contribution in [1.29, 1.82) is 5.26 Å². The minimum Gasteiger partial charge on any atom is -0.478 e. The number of benzene rings is 2. The van der Waals surface area contributed by atoms with Gasteiger partial charge in [0.05, 0.1) is 11.6 Å². The van der Waals surface area contributed by atoms with E-state index >= 15 is 0 Å². The van der Waals surface area contributed by atoms with Gasteiger partial charge in [-0.25, -0.2) is 4.79 Å². The number of hydrogen-bond acceptors (Lipinski definition) is 2. The Morgan fingerprint density at radius 2 is 1.86 bits per heavy atom. The number of carbonyl (C=O) groups is 1. The summed E-state index contributed by atoms with van der Waals surface area (Å²) < 4.78 is 0. The fourth-order valence-electron chi connectivity index (χ4n) is 2.08. The van der Waals surface area contributed by atoms with Crippen LogP contribution < -0.4 is 0 Å². The first-order valence-electron chi connectivity index (χ1n) is 6.79. The third-order valence-electron chi connectivity index (χ3n) is 3.17. The van der Waals surface area contributed by atoms with Crippen LogP contribution >= 0.6 is 0 Å². The molecule has 0 bridgehead atoms. The van der Waals surface area contributed by atoms with Crippen LogP contribution in [0.3, 0.4) is 0 Å². The SMILES string of the molecule is Cc1ccc(C(=CC=CC(=O)O)c2cccc(C#N)c2)cc1. The van der Waals surface area contributed by atoms with Gasteiger partial charge in [-0.3, -0.25) is 0 Å². The average molecular weight is 289 g/mol. The van der Waals surface area contributed by atoms with Crippen molar-refractivity contribution in [2.45, 2.75) is 6.92 Å². The van der Waals surface area contributed by atoms with E-state index in [1.165, 1.54) is 6.08 Å². The van der Waals surface area contributed by atoms with Crippen LogP contribution in [0.5, 0.6) is 0 Å². The van der Waals surface area contributed by atoms with Crippen molar-refractivity contribution in [3.05, 3.63) is 89.0 Å². The Hall–Kier alpha value is -3.12. The molecule has 0 saturated carbocycles. The smallest absolute Gasteiger partial charge is 0.328 e. The summed E-state index contributed by atoms with van der Waals surface area (Å²) in [5, 5.41) is 17.8. The quantitative estimate of drug-likeness (QED) is 0.685. The van der Waals surface area contributed by atoms with Crippen LogP contribution in [0.15, 0.2) is 66.8 Å². The van der Waals surface area contributed by atoms with Crippen LogP contribution in [0, 0.1) is 18.3 Å². The van der Waals surface area contributed by atoms with Crippen molar-refractivity contribution in [2.24, 2.45) is 0 Å². The lowest BCUT2D eigenvalue weighted by Crippen LogP contribution is -1.90. The second-order valence-corrected chi connectivity index (χ2v) is 4.84. The lowest BCUT2D eigenvalue weighted by Gasteiger charge is -2.08. The van der Waals surface area contributed by atoms with E-state index in [-0.39, 0.29) is 0 Å². The molecule has 108 valence electrons. The van der Waals surface area contributed by atoms with E-state index in [2.05, 4.69) is 6.07 Å². The molecule has 0 aromatic heterocycles. The molecule has 3 heteroatoms. The molecule has 0 heterocycles. The van der Waals surface area contributed by atoms with Crippen molar-refractivity contribution < 1.29 is 9.90 Å². The fraction of sp³-hybridized carbons (Fsp3) is 0.0526. The standard InChI is InChI=1S/C19H15NO2/c1-14-8-10-16(11-9-14)18(6-3-7-19(21)22)17-5-2-4-15(12-17)13-20/h2-12H,1H3,(H,21,22). The van der Waals surface area contributed by atoms with E-state index in [0.29, 0.717) is 5.56 Å². The van der Waals surface area contributed by atoms with Gasteiger partial charge in [0.1, 0.15) is 0 Å². The Bertz CT molecular complexity index is 778. The molecule has 0 radical (unpaired) electrons. The second-order valence-electron chi connectivity index (χ2n) is 4.84. The molecule has 22 heavy (non-hydrogen) atoms. The molecule has 0 aliphatic heterocycles. The van der Waals surface area contributed by atoms with E-state index in [1.54, 1.807) is 18.2 Å². The Balaban J connectivity index is 2.52. The highest BCUT2D eigenvalue weighted by Crippen LogP contribution is 2.24. The predicted octanol–water partition coefficient (Wildman–Crippen LogP) is 3.94. The van der Waals surface area contributed by atoms with E-state index in [1.807, 2.05) is 43.3 Å². The number of nitriles is 1. The van der Waals surface area contributed by atoms with Crippen molar-refractivity contribution >= 4 is 11.5 Å². The summed E-state index contributed by atoms with van der Waals surface area (Å²) in [6, 6.07) is 17.3. The first-order chi connectivity index (χ1) is 10.6.